The molecular weight excluding hydrogens is 257 g/mol. The molecule has 0 aromatic heterocycles. The van der Waals surface area contributed by atoms with Crippen molar-refractivity contribution in [3.8, 4) is 0 Å². The fourth-order valence-corrected chi connectivity index (χ4v) is 2.06. The molecule has 1 atom stereocenters. The zero-order chi connectivity index (χ0) is 13.9. The number of carbonyl (C=O) groups is 1. The lowest BCUT2D eigenvalue weighted by molar-refractivity contribution is -0.137. The molecule has 0 saturated carbocycles. The second-order valence-electron chi connectivity index (χ2n) is 4.58. The van der Waals surface area contributed by atoms with E-state index in [0.29, 0.717) is 6.54 Å². The number of hydrogen-bond donors (Lipinski definition) is 2. The Kier molecular flexibility index (Phi) is 4.09. The molecular formula is C13H15F3N2O. The maximum absolute atomic E-state index is 12.4. The Morgan fingerprint density at radius 1 is 1.32 bits per heavy atom. The first kappa shape index (κ1) is 13.9. The van der Waals surface area contributed by atoms with Crippen molar-refractivity contribution < 1.29 is 18.0 Å². The van der Waals surface area contributed by atoms with Gasteiger partial charge < -0.3 is 10.6 Å². The summed E-state index contributed by atoms with van der Waals surface area (Å²) < 4.78 is 37.1. The van der Waals surface area contributed by atoms with Crippen LogP contribution in [0.3, 0.4) is 0 Å². The lowest BCUT2D eigenvalue weighted by atomic mass is 10.1. The maximum atomic E-state index is 12.4. The minimum atomic E-state index is -4.37. The van der Waals surface area contributed by atoms with Crippen molar-refractivity contribution in [3.63, 3.8) is 0 Å². The third-order valence-corrected chi connectivity index (χ3v) is 3.15. The third kappa shape index (κ3) is 3.70. The van der Waals surface area contributed by atoms with E-state index in [0.717, 1.165) is 31.5 Å². The van der Waals surface area contributed by atoms with Gasteiger partial charge in [0.15, 0.2) is 0 Å². The van der Waals surface area contributed by atoms with Gasteiger partial charge in [-0.05, 0) is 43.7 Å². The molecule has 2 rings (SSSR count). The van der Waals surface area contributed by atoms with Gasteiger partial charge in [0.25, 0.3) is 5.91 Å². The van der Waals surface area contributed by atoms with Crippen LogP contribution in [-0.2, 0) is 6.18 Å². The number of alkyl halides is 3. The molecule has 1 saturated heterocycles. The Balaban J connectivity index is 1.92. The van der Waals surface area contributed by atoms with E-state index >= 15 is 0 Å². The number of halogens is 3. The van der Waals surface area contributed by atoms with Gasteiger partial charge in [0.1, 0.15) is 0 Å². The normalized spacial score (nSPS) is 19.4. The van der Waals surface area contributed by atoms with Gasteiger partial charge in [-0.15, -0.1) is 0 Å². The number of hydrogen-bond acceptors (Lipinski definition) is 2. The Bertz CT molecular complexity index is 436. The quantitative estimate of drug-likeness (QED) is 0.885. The van der Waals surface area contributed by atoms with Crippen molar-refractivity contribution >= 4 is 5.91 Å². The molecule has 0 unspecified atom stereocenters. The molecule has 0 spiro atoms. The molecule has 1 aliphatic rings. The van der Waals surface area contributed by atoms with Crippen LogP contribution in [-0.4, -0.2) is 25.0 Å². The van der Waals surface area contributed by atoms with Crippen LogP contribution in [0.15, 0.2) is 24.3 Å². The molecule has 1 heterocycles. The monoisotopic (exact) mass is 272 g/mol. The van der Waals surface area contributed by atoms with E-state index in [1.807, 2.05) is 0 Å². The predicted octanol–water partition coefficient (Wildman–Crippen LogP) is 2.19. The molecule has 19 heavy (non-hydrogen) atoms. The summed E-state index contributed by atoms with van der Waals surface area (Å²) in [5, 5.41) is 5.95. The topological polar surface area (TPSA) is 41.1 Å². The Labute approximate surface area is 109 Å². The van der Waals surface area contributed by atoms with Crippen LogP contribution in [0.4, 0.5) is 13.2 Å². The van der Waals surface area contributed by atoms with Crippen LogP contribution in [0.1, 0.15) is 28.8 Å². The van der Waals surface area contributed by atoms with E-state index < -0.39 is 11.7 Å². The molecule has 1 aromatic carbocycles. The van der Waals surface area contributed by atoms with Gasteiger partial charge >= 0.3 is 6.18 Å². The van der Waals surface area contributed by atoms with E-state index in [1.54, 1.807) is 0 Å². The Morgan fingerprint density at radius 2 is 2.00 bits per heavy atom. The molecule has 104 valence electrons. The van der Waals surface area contributed by atoms with E-state index in [9.17, 15) is 18.0 Å². The largest absolute Gasteiger partial charge is 0.416 e. The summed E-state index contributed by atoms with van der Waals surface area (Å²) in [7, 11) is 0. The van der Waals surface area contributed by atoms with Gasteiger partial charge in [-0.1, -0.05) is 0 Å². The van der Waals surface area contributed by atoms with E-state index in [2.05, 4.69) is 10.6 Å². The summed E-state index contributed by atoms with van der Waals surface area (Å²) in [6, 6.07) is 4.49. The number of carbonyl (C=O) groups excluding carboxylic acids is 1. The Hall–Kier alpha value is -1.56. The smallest absolute Gasteiger partial charge is 0.350 e. The molecule has 0 bridgehead atoms. The average molecular weight is 272 g/mol. The summed E-state index contributed by atoms with van der Waals surface area (Å²) in [6.45, 7) is 1.45. The lowest BCUT2D eigenvalue weighted by Gasteiger charge is -2.12. The molecule has 1 aliphatic heterocycles. The van der Waals surface area contributed by atoms with Crippen molar-refractivity contribution in [3.05, 3.63) is 35.4 Å². The molecule has 0 aliphatic carbocycles. The second-order valence-corrected chi connectivity index (χ2v) is 4.58. The zero-order valence-electron chi connectivity index (χ0n) is 10.3. The molecule has 6 heteroatoms. The van der Waals surface area contributed by atoms with E-state index in [-0.39, 0.29) is 17.5 Å². The van der Waals surface area contributed by atoms with Gasteiger partial charge in [0.05, 0.1) is 5.56 Å². The highest BCUT2D eigenvalue weighted by atomic mass is 19.4. The van der Waals surface area contributed by atoms with Crippen LogP contribution in [0.25, 0.3) is 0 Å². The SMILES string of the molecule is O=C(NC[C@H]1CCCN1)c1ccc(C(F)(F)F)cc1. The fourth-order valence-electron chi connectivity index (χ4n) is 2.06. The van der Waals surface area contributed by atoms with Crippen LogP contribution < -0.4 is 10.6 Å². The highest BCUT2D eigenvalue weighted by molar-refractivity contribution is 5.94. The number of amides is 1. The van der Waals surface area contributed by atoms with Crippen molar-refractivity contribution in [2.24, 2.45) is 0 Å². The summed E-state index contributed by atoms with van der Waals surface area (Å²) in [5.41, 5.74) is -0.507. The van der Waals surface area contributed by atoms with Gasteiger partial charge in [-0.2, -0.15) is 13.2 Å². The number of nitrogens with one attached hydrogen (secondary N) is 2. The summed E-state index contributed by atoms with van der Waals surface area (Å²) >= 11 is 0. The van der Waals surface area contributed by atoms with Crippen molar-refractivity contribution in [1.29, 1.82) is 0 Å². The summed E-state index contributed by atoms with van der Waals surface area (Å²) in [6.07, 6.45) is -2.28. The maximum Gasteiger partial charge on any atom is 0.416 e. The highest BCUT2D eigenvalue weighted by Gasteiger charge is 2.30. The molecule has 2 N–H and O–H groups in total. The van der Waals surface area contributed by atoms with Crippen molar-refractivity contribution in [2.45, 2.75) is 25.1 Å². The molecule has 1 aromatic rings. The Morgan fingerprint density at radius 3 is 2.53 bits per heavy atom. The predicted molar refractivity (Wildman–Crippen MR) is 64.8 cm³/mol. The standard InChI is InChI=1S/C13H15F3N2O/c14-13(15,16)10-5-3-9(4-6-10)12(19)18-8-11-2-1-7-17-11/h3-6,11,17H,1-2,7-8H2,(H,18,19)/t11-/m1/s1. The van der Waals surface area contributed by atoms with Crippen molar-refractivity contribution in [2.75, 3.05) is 13.1 Å². The van der Waals surface area contributed by atoms with Crippen LogP contribution in [0.5, 0.6) is 0 Å². The van der Waals surface area contributed by atoms with Crippen LogP contribution >= 0.6 is 0 Å². The minimum absolute atomic E-state index is 0.242. The molecule has 1 amide bonds. The lowest BCUT2D eigenvalue weighted by Crippen LogP contribution is -2.37. The highest BCUT2D eigenvalue weighted by Crippen LogP contribution is 2.29. The summed E-state index contributed by atoms with van der Waals surface area (Å²) in [4.78, 5) is 11.7. The van der Waals surface area contributed by atoms with Crippen LogP contribution in [0, 0.1) is 0 Å². The number of benzene rings is 1. The molecule has 3 nitrogen and oxygen atoms in total. The van der Waals surface area contributed by atoms with Gasteiger partial charge in [-0.3, -0.25) is 4.79 Å². The second kappa shape index (κ2) is 5.61. The number of rotatable bonds is 3. The van der Waals surface area contributed by atoms with E-state index in [1.165, 1.54) is 12.1 Å². The third-order valence-electron chi connectivity index (χ3n) is 3.15. The molecule has 0 radical (unpaired) electrons. The first-order valence-corrected chi connectivity index (χ1v) is 6.15. The van der Waals surface area contributed by atoms with Crippen molar-refractivity contribution in [1.82, 2.24) is 10.6 Å². The summed E-state index contributed by atoms with van der Waals surface area (Å²) in [5.74, 6) is -0.345. The van der Waals surface area contributed by atoms with Gasteiger partial charge in [-0.25, -0.2) is 0 Å². The first-order chi connectivity index (χ1) is 8.97. The van der Waals surface area contributed by atoms with Crippen LogP contribution in [0.2, 0.25) is 0 Å². The zero-order valence-corrected chi connectivity index (χ0v) is 10.3. The van der Waals surface area contributed by atoms with Gasteiger partial charge in [0.2, 0.25) is 0 Å². The fraction of sp³-hybridized carbons (Fsp3) is 0.462. The van der Waals surface area contributed by atoms with Gasteiger partial charge in [0, 0.05) is 18.2 Å². The first-order valence-electron chi connectivity index (χ1n) is 6.15. The molecule has 1 fully saturated rings. The average Bonchev–Trinajstić information content (AvgIpc) is 2.88. The van der Waals surface area contributed by atoms with E-state index in [4.69, 9.17) is 0 Å². The minimum Gasteiger partial charge on any atom is -0.350 e.